The normalized spacial score (nSPS) is 23.2. The topological polar surface area (TPSA) is 66.6 Å². The number of piperidine rings is 1. The number of nitrogens with zero attached hydrogens (tertiary/aromatic N) is 2. The van der Waals surface area contributed by atoms with E-state index in [-0.39, 0.29) is 5.56 Å². The molecule has 1 aliphatic heterocycles. The highest BCUT2D eigenvalue weighted by Gasteiger charge is 2.28. The third-order valence-corrected chi connectivity index (χ3v) is 4.04. The summed E-state index contributed by atoms with van der Waals surface area (Å²) in [5, 5.41) is 9.01. The van der Waals surface area contributed by atoms with Crippen molar-refractivity contribution >= 4 is 23.1 Å². The van der Waals surface area contributed by atoms with Crippen LogP contribution in [0.15, 0.2) is 22.6 Å². The van der Waals surface area contributed by atoms with Gasteiger partial charge in [0.2, 0.25) is 0 Å². The van der Waals surface area contributed by atoms with E-state index in [0.717, 1.165) is 12.8 Å². The summed E-state index contributed by atoms with van der Waals surface area (Å²) in [7, 11) is 0. The fourth-order valence-electron chi connectivity index (χ4n) is 2.95. The molecule has 1 aromatic carbocycles. The predicted molar refractivity (Wildman–Crippen MR) is 76.2 cm³/mol. The van der Waals surface area contributed by atoms with Gasteiger partial charge in [-0.05, 0) is 51.3 Å². The molecule has 0 saturated carbocycles. The first-order valence-corrected chi connectivity index (χ1v) is 6.98. The summed E-state index contributed by atoms with van der Waals surface area (Å²) in [5.41, 5.74) is 1.46. The molecule has 0 spiro atoms. The quantitative estimate of drug-likeness (QED) is 0.910. The highest BCUT2D eigenvalue weighted by molar-refractivity contribution is 5.92. The monoisotopic (exact) mass is 274 g/mol. The second-order valence-electron chi connectivity index (χ2n) is 5.52. The van der Waals surface area contributed by atoms with Crippen molar-refractivity contribution in [2.45, 2.75) is 45.2 Å². The Kier molecular flexibility index (Phi) is 3.12. The molecule has 1 aliphatic rings. The van der Waals surface area contributed by atoms with E-state index in [2.05, 4.69) is 23.7 Å². The van der Waals surface area contributed by atoms with Gasteiger partial charge in [0.25, 0.3) is 6.01 Å². The minimum atomic E-state index is -0.954. The first-order chi connectivity index (χ1) is 9.56. The molecule has 0 bridgehead atoms. The van der Waals surface area contributed by atoms with E-state index in [4.69, 9.17) is 9.52 Å². The number of rotatable bonds is 2. The molecule has 2 atom stereocenters. The van der Waals surface area contributed by atoms with Crippen LogP contribution in [-0.2, 0) is 0 Å². The third-order valence-electron chi connectivity index (χ3n) is 4.04. The molecule has 0 aliphatic carbocycles. The molecule has 1 N–H and O–H groups in total. The van der Waals surface area contributed by atoms with Gasteiger partial charge in [-0.15, -0.1) is 0 Å². The van der Waals surface area contributed by atoms with E-state index in [0.29, 0.717) is 29.2 Å². The summed E-state index contributed by atoms with van der Waals surface area (Å²) < 4.78 is 5.79. The minimum Gasteiger partial charge on any atom is -0.478 e. The van der Waals surface area contributed by atoms with Crippen molar-refractivity contribution in [2.75, 3.05) is 4.90 Å². The maximum absolute atomic E-state index is 11.0. The zero-order valence-corrected chi connectivity index (χ0v) is 11.7. The van der Waals surface area contributed by atoms with Crippen LogP contribution in [0.2, 0.25) is 0 Å². The molecule has 1 fully saturated rings. The molecule has 106 valence electrons. The van der Waals surface area contributed by atoms with Crippen molar-refractivity contribution in [1.82, 2.24) is 4.98 Å². The number of anilines is 1. The maximum atomic E-state index is 11.0. The molecule has 5 nitrogen and oxygen atoms in total. The number of carbonyl (C=O) groups is 1. The smallest absolute Gasteiger partial charge is 0.335 e. The van der Waals surface area contributed by atoms with Crippen molar-refractivity contribution in [3.63, 3.8) is 0 Å². The lowest BCUT2D eigenvalue weighted by Gasteiger charge is -2.37. The van der Waals surface area contributed by atoms with Crippen molar-refractivity contribution < 1.29 is 14.3 Å². The Morgan fingerprint density at radius 2 is 2.05 bits per heavy atom. The Balaban J connectivity index is 2.01. The van der Waals surface area contributed by atoms with Crippen LogP contribution >= 0.6 is 0 Å². The van der Waals surface area contributed by atoms with Gasteiger partial charge < -0.3 is 14.4 Å². The molecular weight excluding hydrogens is 256 g/mol. The van der Waals surface area contributed by atoms with E-state index >= 15 is 0 Å². The lowest BCUT2D eigenvalue weighted by molar-refractivity contribution is 0.0697. The van der Waals surface area contributed by atoms with Crippen molar-refractivity contribution in [3.8, 4) is 0 Å². The number of aromatic nitrogens is 1. The van der Waals surface area contributed by atoms with E-state index in [1.807, 2.05) is 0 Å². The molecule has 1 saturated heterocycles. The van der Waals surface area contributed by atoms with Crippen LogP contribution in [0, 0.1) is 0 Å². The summed E-state index contributed by atoms with van der Waals surface area (Å²) in [6.07, 6.45) is 3.48. The van der Waals surface area contributed by atoms with Crippen molar-refractivity contribution in [1.29, 1.82) is 0 Å². The first-order valence-electron chi connectivity index (χ1n) is 6.98. The molecule has 1 aromatic heterocycles. The van der Waals surface area contributed by atoms with Gasteiger partial charge >= 0.3 is 5.97 Å². The lowest BCUT2D eigenvalue weighted by atomic mass is 9.98. The second kappa shape index (κ2) is 4.81. The van der Waals surface area contributed by atoms with Crippen LogP contribution in [0.25, 0.3) is 11.1 Å². The Morgan fingerprint density at radius 1 is 1.35 bits per heavy atom. The third kappa shape index (κ3) is 2.13. The minimum absolute atomic E-state index is 0.222. The van der Waals surface area contributed by atoms with Crippen LogP contribution in [0.1, 0.15) is 43.5 Å². The SMILES string of the molecule is C[C@@H]1CCC[C@H](C)N1c1nc2ccc(C(=O)O)cc2o1. The number of hydrogen-bond donors (Lipinski definition) is 1. The Labute approximate surface area is 117 Å². The first kappa shape index (κ1) is 13.0. The summed E-state index contributed by atoms with van der Waals surface area (Å²) in [5.74, 6) is -0.954. The molecule has 2 aromatic rings. The molecule has 3 rings (SSSR count). The fourth-order valence-corrected chi connectivity index (χ4v) is 2.95. The summed E-state index contributed by atoms with van der Waals surface area (Å²) in [6, 6.07) is 6.18. The molecule has 2 heterocycles. The summed E-state index contributed by atoms with van der Waals surface area (Å²) in [6.45, 7) is 4.35. The van der Waals surface area contributed by atoms with Gasteiger partial charge in [-0.1, -0.05) is 0 Å². The summed E-state index contributed by atoms with van der Waals surface area (Å²) in [4.78, 5) is 17.7. The van der Waals surface area contributed by atoms with Gasteiger partial charge in [-0.3, -0.25) is 0 Å². The number of fused-ring (bicyclic) bond motifs is 1. The molecule has 20 heavy (non-hydrogen) atoms. The van der Waals surface area contributed by atoms with E-state index < -0.39 is 5.97 Å². The fraction of sp³-hybridized carbons (Fsp3) is 0.467. The van der Waals surface area contributed by atoms with Crippen LogP contribution < -0.4 is 4.90 Å². The molecule has 0 radical (unpaired) electrons. The van der Waals surface area contributed by atoms with Crippen molar-refractivity contribution in [2.24, 2.45) is 0 Å². The Hall–Kier alpha value is -2.04. The van der Waals surface area contributed by atoms with Gasteiger partial charge in [0.15, 0.2) is 5.58 Å². The van der Waals surface area contributed by atoms with Gasteiger partial charge in [0, 0.05) is 12.1 Å². The highest BCUT2D eigenvalue weighted by Crippen LogP contribution is 2.31. The van der Waals surface area contributed by atoms with Crippen LogP contribution in [0.3, 0.4) is 0 Å². The largest absolute Gasteiger partial charge is 0.478 e. The lowest BCUT2D eigenvalue weighted by Crippen LogP contribution is -2.44. The number of carboxylic acids is 1. The van der Waals surface area contributed by atoms with Crippen molar-refractivity contribution in [3.05, 3.63) is 23.8 Å². The molecule has 5 heteroatoms. The van der Waals surface area contributed by atoms with Gasteiger partial charge in [0.1, 0.15) is 5.52 Å². The average Bonchev–Trinajstić information content (AvgIpc) is 2.80. The standard InChI is InChI=1S/C15H18N2O3/c1-9-4-3-5-10(2)17(9)15-16-12-7-6-11(14(18)19)8-13(12)20-15/h6-10H,3-5H2,1-2H3,(H,18,19)/t9-,10+. The second-order valence-corrected chi connectivity index (χ2v) is 5.52. The van der Waals surface area contributed by atoms with Gasteiger partial charge in [0.05, 0.1) is 5.56 Å². The van der Waals surface area contributed by atoms with Gasteiger partial charge in [-0.25, -0.2) is 4.79 Å². The predicted octanol–water partition coefficient (Wildman–Crippen LogP) is 3.29. The van der Waals surface area contributed by atoms with E-state index in [1.165, 1.54) is 12.5 Å². The maximum Gasteiger partial charge on any atom is 0.335 e. The number of aromatic carboxylic acids is 1. The summed E-state index contributed by atoms with van der Waals surface area (Å²) >= 11 is 0. The molecule has 0 unspecified atom stereocenters. The van der Waals surface area contributed by atoms with E-state index in [1.54, 1.807) is 12.1 Å². The molecule has 0 amide bonds. The van der Waals surface area contributed by atoms with Gasteiger partial charge in [-0.2, -0.15) is 4.98 Å². The molecular formula is C15H18N2O3. The number of carboxylic acid groups (broad SMARTS) is 1. The highest BCUT2D eigenvalue weighted by atomic mass is 16.4. The number of benzene rings is 1. The van der Waals surface area contributed by atoms with Crippen LogP contribution in [-0.4, -0.2) is 28.1 Å². The zero-order chi connectivity index (χ0) is 14.3. The number of hydrogen-bond acceptors (Lipinski definition) is 4. The van der Waals surface area contributed by atoms with E-state index in [9.17, 15) is 4.79 Å². The number of oxazole rings is 1. The van der Waals surface area contributed by atoms with Crippen LogP contribution in [0.5, 0.6) is 0 Å². The Bertz CT molecular complexity index is 640. The zero-order valence-electron chi connectivity index (χ0n) is 11.7. The van der Waals surface area contributed by atoms with Crippen LogP contribution in [0.4, 0.5) is 6.01 Å². The Morgan fingerprint density at radius 3 is 2.70 bits per heavy atom. The average molecular weight is 274 g/mol.